The molecule has 0 aliphatic carbocycles. The Balaban J connectivity index is 1.88. The van der Waals surface area contributed by atoms with Crippen LogP contribution in [-0.4, -0.2) is 40.7 Å². The first kappa shape index (κ1) is 20.1. The molecule has 0 aliphatic rings. The highest BCUT2D eigenvalue weighted by atomic mass is 32.2. The van der Waals surface area contributed by atoms with Crippen molar-refractivity contribution in [1.82, 2.24) is 23.7 Å². The lowest BCUT2D eigenvalue weighted by Gasteiger charge is -2.11. The first-order valence-electron chi connectivity index (χ1n) is 9.47. The number of benzene rings is 1. The molecule has 0 saturated carbocycles. The molecule has 30 heavy (non-hydrogen) atoms. The van der Waals surface area contributed by atoms with Gasteiger partial charge in [-0.3, -0.25) is 9.48 Å². The van der Waals surface area contributed by atoms with E-state index >= 15 is 0 Å². The second-order valence-corrected chi connectivity index (χ2v) is 8.32. The fraction of sp³-hybridized carbons (Fsp3) is 0.182. The highest BCUT2D eigenvalue weighted by Crippen LogP contribution is 2.25. The summed E-state index contributed by atoms with van der Waals surface area (Å²) >= 11 is 1.24. The van der Waals surface area contributed by atoms with Crippen LogP contribution in [0.5, 0.6) is 0 Å². The quantitative estimate of drug-likeness (QED) is 0.516. The molecule has 3 aromatic heterocycles. The SMILES string of the molecule is C[C@@H](CO)Sn1cnc2c(-c3cnn(C)c3)nc(/C=C/c3ccccc3)cc2c1=O. The molecule has 3 heterocycles. The van der Waals surface area contributed by atoms with E-state index in [-0.39, 0.29) is 17.4 Å². The summed E-state index contributed by atoms with van der Waals surface area (Å²) in [6.45, 7) is 1.82. The molecule has 0 bridgehead atoms. The molecular formula is C22H21N5O2S. The maximum Gasteiger partial charge on any atom is 0.271 e. The van der Waals surface area contributed by atoms with Gasteiger partial charge in [-0.1, -0.05) is 36.4 Å². The molecule has 7 nitrogen and oxygen atoms in total. The fourth-order valence-electron chi connectivity index (χ4n) is 3.01. The third-order valence-corrected chi connectivity index (χ3v) is 5.51. The molecule has 1 N–H and O–H groups in total. The Morgan fingerprint density at radius 3 is 2.73 bits per heavy atom. The van der Waals surface area contributed by atoms with Gasteiger partial charge in [-0.25, -0.2) is 13.9 Å². The summed E-state index contributed by atoms with van der Waals surface area (Å²) in [6, 6.07) is 11.7. The lowest BCUT2D eigenvalue weighted by Crippen LogP contribution is -2.20. The van der Waals surface area contributed by atoms with Gasteiger partial charge in [-0.15, -0.1) is 0 Å². The number of hydrogen-bond donors (Lipinski definition) is 1. The van der Waals surface area contributed by atoms with Crippen LogP contribution in [0, 0.1) is 0 Å². The van der Waals surface area contributed by atoms with E-state index in [2.05, 4.69) is 10.1 Å². The molecule has 0 saturated heterocycles. The minimum atomic E-state index is -0.188. The van der Waals surface area contributed by atoms with Crippen molar-refractivity contribution in [1.29, 1.82) is 0 Å². The molecule has 4 aromatic rings. The standard InChI is InChI=1S/C22H21N5O2S/c1-15(13-28)30-27-14-23-21-19(22(27)29)10-18(9-8-16-6-4-3-5-7-16)25-20(21)17-11-24-26(2)12-17/h3-12,14-15,28H,13H2,1-2H3/b9-8+/t15-/m0/s1. The van der Waals surface area contributed by atoms with Gasteiger partial charge in [0.2, 0.25) is 0 Å². The van der Waals surface area contributed by atoms with Crippen molar-refractivity contribution < 1.29 is 5.11 Å². The summed E-state index contributed by atoms with van der Waals surface area (Å²) in [5.74, 6) is 0. The summed E-state index contributed by atoms with van der Waals surface area (Å²) in [5.41, 5.74) is 3.43. The van der Waals surface area contributed by atoms with Crippen molar-refractivity contribution in [3.05, 3.63) is 76.7 Å². The van der Waals surface area contributed by atoms with Gasteiger partial charge in [0.15, 0.2) is 0 Å². The van der Waals surface area contributed by atoms with Crippen LogP contribution in [0.2, 0.25) is 0 Å². The molecule has 0 amide bonds. The molecular weight excluding hydrogens is 398 g/mol. The van der Waals surface area contributed by atoms with Crippen molar-refractivity contribution in [2.45, 2.75) is 12.2 Å². The number of hydrogen-bond acceptors (Lipinski definition) is 6. The van der Waals surface area contributed by atoms with E-state index in [0.29, 0.717) is 22.3 Å². The van der Waals surface area contributed by atoms with E-state index < -0.39 is 0 Å². The van der Waals surface area contributed by atoms with E-state index in [1.165, 1.54) is 22.2 Å². The van der Waals surface area contributed by atoms with Gasteiger partial charge >= 0.3 is 0 Å². The number of rotatable bonds is 6. The molecule has 152 valence electrons. The average Bonchev–Trinajstić information content (AvgIpc) is 3.20. The number of aliphatic hydroxyl groups is 1. The molecule has 0 radical (unpaired) electrons. The normalized spacial score (nSPS) is 12.6. The van der Waals surface area contributed by atoms with Crippen LogP contribution < -0.4 is 5.56 Å². The molecule has 1 atom stereocenters. The molecule has 8 heteroatoms. The van der Waals surface area contributed by atoms with Crippen molar-refractivity contribution in [2.24, 2.45) is 7.05 Å². The molecule has 0 unspecified atom stereocenters. The van der Waals surface area contributed by atoms with Gasteiger partial charge in [0.05, 0.1) is 23.9 Å². The van der Waals surface area contributed by atoms with Gasteiger partial charge in [0.25, 0.3) is 5.56 Å². The third-order valence-electron chi connectivity index (χ3n) is 4.51. The van der Waals surface area contributed by atoms with Crippen molar-refractivity contribution >= 4 is 35.0 Å². The van der Waals surface area contributed by atoms with E-state index in [1.807, 2.05) is 62.7 Å². The fourth-order valence-corrected chi connectivity index (χ4v) is 3.76. The van der Waals surface area contributed by atoms with E-state index in [0.717, 1.165) is 11.1 Å². The van der Waals surface area contributed by atoms with Gasteiger partial charge in [-0.2, -0.15) is 5.10 Å². The summed E-state index contributed by atoms with van der Waals surface area (Å²) in [5, 5.41) is 13.9. The second kappa shape index (κ2) is 8.64. The minimum Gasteiger partial charge on any atom is -0.395 e. The van der Waals surface area contributed by atoms with Crippen LogP contribution in [0.15, 0.2) is 59.9 Å². The van der Waals surface area contributed by atoms with Crippen LogP contribution in [0.4, 0.5) is 0 Å². The van der Waals surface area contributed by atoms with Gasteiger partial charge < -0.3 is 5.11 Å². The van der Waals surface area contributed by atoms with E-state index in [4.69, 9.17) is 4.98 Å². The zero-order valence-electron chi connectivity index (χ0n) is 16.6. The van der Waals surface area contributed by atoms with Gasteiger partial charge in [0, 0.05) is 24.1 Å². The van der Waals surface area contributed by atoms with Crippen LogP contribution >= 0.6 is 11.9 Å². The monoisotopic (exact) mass is 419 g/mol. The Morgan fingerprint density at radius 1 is 1.23 bits per heavy atom. The topological polar surface area (TPSA) is 85.8 Å². The Hall–Kier alpha value is -3.23. The number of nitrogens with zero attached hydrogens (tertiary/aromatic N) is 5. The maximum atomic E-state index is 13.1. The zero-order valence-corrected chi connectivity index (χ0v) is 17.5. The van der Waals surface area contributed by atoms with E-state index in [1.54, 1.807) is 16.9 Å². The smallest absolute Gasteiger partial charge is 0.271 e. The van der Waals surface area contributed by atoms with Crippen molar-refractivity contribution in [3.8, 4) is 11.3 Å². The highest BCUT2D eigenvalue weighted by molar-refractivity contribution is 7.98. The minimum absolute atomic E-state index is 0.0303. The van der Waals surface area contributed by atoms with Crippen molar-refractivity contribution in [2.75, 3.05) is 6.61 Å². The summed E-state index contributed by atoms with van der Waals surface area (Å²) < 4.78 is 3.15. The Bertz CT molecular complexity index is 1260. The molecule has 4 rings (SSSR count). The van der Waals surface area contributed by atoms with Crippen LogP contribution in [0.25, 0.3) is 34.3 Å². The Kier molecular flexibility index (Phi) is 5.78. The number of fused-ring (bicyclic) bond motifs is 1. The lowest BCUT2D eigenvalue weighted by molar-refractivity contribution is 0.299. The first-order chi connectivity index (χ1) is 14.5. The third kappa shape index (κ3) is 4.19. The summed E-state index contributed by atoms with van der Waals surface area (Å²) in [4.78, 5) is 22.4. The summed E-state index contributed by atoms with van der Waals surface area (Å²) in [6.07, 6.45) is 8.89. The first-order valence-corrected chi connectivity index (χ1v) is 10.3. The summed E-state index contributed by atoms with van der Waals surface area (Å²) in [7, 11) is 1.83. The molecule has 1 aromatic carbocycles. The predicted molar refractivity (Wildman–Crippen MR) is 121 cm³/mol. The van der Waals surface area contributed by atoms with Crippen LogP contribution in [0.3, 0.4) is 0 Å². The average molecular weight is 420 g/mol. The maximum absolute atomic E-state index is 13.1. The molecule has 0 spiro atoms. The lowest BCUT2D eigenvalue weighted by atomic mass is 10.1. The number of aryl methyl sites for hydroxylation is 1. The largest absolute Gasteiger partial charge is 0.395 e. The molecule has 0 aliphatic heterocycles. The number of aliphatic hydroxyl groups excluding tert-OH is 1. The second-order valence-electron chi connectivity index (χ2n) is 6.91. The van der Waals surface area contributed by atoms with Crippen LogP contribution in [-0.2, 0) is 7.05 Å². The highest BCUT2D eigenvalue weighted by Gasteiger charge is 2.15. The van der Waals surface area contributed by atoms with Gasteiger partial charge in [-0.05, 0) is 36.6 Å². The Morgan fingerprint density at radius 2 is 2.03 bits per heavy atom. The number of aromatic nitrogens is 5. The number of pyridine rings is 1. The predicted octanol–water partition coefficient (Wildman–Crippen LogP) is 3.24. The van der Waals surface area contributed by atoms with Crippen molar-refractivity contribution in [3.63, 3.8) is 0 Å². The Labute approximate surface area is 177 Å². The molecule has 0 fully saturated rings. The zero-order chi connectivity index (χ0) is 21.1. The van der Waals surface area contributed by atoms with Gasteiger partial charge in [0.1, 0.15) is 17.5 Å². The van der Waals surface area contributed by atoms with E-state index in [9.17, 15) is 9.90 Å². The van der Waals surface area contributed by atoms with Crippen LogP contribution in [0.1, 0.15) is 18.2 Å².